The molecule has 0 aliphatic heterocycles. The van der Waals surface area contributed by atoms with Crippen molar-refractivity contribution in [1.29, 1.82) is 0 Å². The molecule has 0 amide bonds. The Labute approximate surface area is 98.9 Å². The van der Waals surface area contributed by atoms with Crippen LogP contribution in [0.1, 0.15) is 21.5 Å². The van der Waals surface area contributed by atoms with Gasteiger partial charge < -0.3 is 5.73 Å². The van der Waals surface area contributed by atoms with Crippen molar-refractivity contribution >= 4 is 11.3 Å². The van der Waals surface area contributed by atoms with Crippen LogP contribution in [0.4, 0.5) is 13.2 Å². The van der Waals surface area contributed by atoms with Crippen LogP contribution < -0.4 is 5.73 Å². The second-order valence-corrected chi connectivity index (χ2v) is 4.55. The molecule has 0 radical (unpaired) electrons. The number of alkyl halides is 3. The molecule has 17 heavy (non-hydrogen) atoms. The lowest BCUT2D eigenvalue weighted by Crippen LogP contribution is -2.09. The highest BCUT2D eigenvalue weighted by molar-refractivity contribution is 7.11. The first-order valence-electron chi connectivity index (χ1n) is 4.65. The highest BCUT2D eigenvalue weighted by atomic mass is 32.1. The highest BCUT2D eigenvalue weighted by Gasteiger charge is 2.35. The van der Waals surface area contributed by atoms with Crippen molar-refractivity contribution in [3.8, 4) is 0 Å². The fourth-order valence-electron chi connectivity index (χ4n) is 1.33. The molecule has 0 saturated carbocycles. The summed E-state index contributed by atoms with van der Waals surface area (Å²) in [5.41, 5.74) is 6.49. The van der Waals surface area contributed by atoms with Crippen LogP contribution in [0.2, 0.25) is 0 Å². The average Bonchev–Trinajstić information content (AvgIpc) is 2.83. The van der Waals surface area contributed by atoms with Gasteiger partial charge in [-0.15, -0.1) is 11.3 Å². The van der Waals surface area contributed by atoms with Gasteiger partial charge in [-0.3, -0.25) is 4.68 Å². The van der Waals surface area contributed by atoms with Crippen molar-refractivity contribution in [3.05, 3.63) is 34.0 Å². The summed E-state index contributed by atoms with van der Waals surface area (Å²) in [5.74, 6) is 0. The zero-order valence-electron chi connectivity index (χ0n) is 8.77. The minimum atomic E-state index is -4.42. The molecule has 2 N–H and O–H groups in total. The molecule has 0 aromatic carbocycles. The molecule has 0 fully saturated rings. The number of aryl methyl sites for hydroxylation is 1. The van der Waals surface area contributed by atoms with Gasteiger partial charge in [-0.2, -0.15) is 18.3 Å². The van der Waals surface area contributed by atoms with Crippen molar-refractivity contribution in [2.75, 3.05) is 0 Å². The Morgan fingerprint density at radius 3 is 2.59 bits per heavy atom. The second-order valence-electron chi connectivity index (χ2n) is 3.49. The van der Waals surface area contributed by atoms with E-state index < -0.39 is 17.2 Å². The van der Waals surface area contributed by atoms with E-state index in [1.165, 1.54) is 6.20 Å². The lowest BCUT2D eigenvalue weighted by Gasteiger charge is -2.05. The second kappa shape index (κ2) is 4.11. The molecule has 4 nitrogen and oxygen atoms in total. The van der Waals surface area contributed by atoms with Crippen LogP contribution in [-0.2, 0) is 13.2 Å². The molecule has 0 bridgehead atoms. The van der Waals surface area contributed by atoms with Gasteiger partial charge in [0, 0.05) is 29.9 Å². The highest BCUT2D eigenvalue weighted by Crippen LogP contribution is 2.35. The Hall–Kier alpha value is -1.41. The maximum Gasteiger partial charge on any atom is 0.443 e. The van der Waals surface area contributed by atoms with Crippen molar-refractivity contribution in [3.63, 3.8) is 0 Å². The summed E-state index contributed by atoms with van der Waals surface area (Å²) in [7, 11) is 1.71. The fraction of sp³-hybridized carbons (Fsp3) is 0.333. The van der Waals surface area contributed by atoms with Crippen LogP contribution in [0, 0.1) is 0 Å². The van der Waals surface area contributed by atoms with Crippen molar-refractivity contribution in [1.82, 2.24) is 14.8 Å². The molecule has 8 heteroatoms. The van der Waals surface area contributed by atoms with Gasteiger partial charge in [-0.1, -0.05) is 0 Å². The first kappa shape index (κ1) is 12.1. The topological polar surface area (TPSA) is 56.7 Å². The fourth-order valence-corrected chi connectivity index (χ4v) is 2.14. The Kier molecular flexibility index (Phi) is 2.92. The van der Waals surface area contributed by atoms with E-state index in [-0.39, 0.29) is 0 Å². The molecule has 2 aromatic heterocycles. The lowest BCUT2D eigenvalue weighted by molar-refractivity contribution is -0.137. The summed E-state index contributed by atoms with van der Waals surface area (Å²) in [5, 5.41) is 3.03. The van der Waals surface area contributed by atoms with Crippen molar-refractivity contribution < 1.29 is 13.2 Å². The lowest BCUT2D eigenvalue weighted by atomic mass is 10.1. The summed E-state index contributed by atoms with van der Waals surface area (Å²) in [6.45, 7) is 0. The van der Waals surface area contributed by atoms with E-state index in [0.717, 1.165) is 6.20 Å². The van der Waals surface area contributed by atoms with Crippen LogP contribution in [0.3, 0.4) is 0 Å². The third-order valence-corrected chi connectivity index (χ3v) is 3.28. The van der Waals surface area contributed by atoms with Crippen LogP contribution in [0.5, 0.6) is 0 Å². The van der Waals surface area contributed by atoms with Gasteiger partial charge in [0.1, 0.15) is 0 Å². The number of aromatic nitrogens is 3. The Balaban J connectivity index is 2.26. The Morgan fingerprint density at radius 2 is 2.12 bits per heavy atom. The molecule has 1 atom stereocenters. The predicted molar refractivity (Wildman–Crippen MR) is 56.4 cm³/mol. The van der Waals surface area contributed by atoms with Crippen LogP contribution in [0.25, 0.3) is 0 Å². The summed E-state index contributed by atoms with van der Waals surface area (Å²) in [6, 6.07) is -0.628. The maximum atomic E-state index is 12.4. The third kappa shape index (κ3) is 2.47. The number of nitrogens with zero attached hydrogens (tertiary/aromatic N) is 3. The molecule has 0 aliphatic rings. The number of hydrogen-bond acceptors (Lipinski definition) is 4. The molecule has 2 aromatic rings. The molecule has 2 rings (SSSR count). The smallest absolute Gasteiger partial charge is 0.319 e. The molecule has 2 heterocycles. The Morgan fingerprint density at radius 1 is 1.41 bits per heavy atom. The van der Waals surface area contributed by atoms with Gasteiger partial charge in [0.2, 0.25) is 0 Å². The quantitative estimate of drug-likeness (QED) is 0.899. The monoisotopic (exact) mass is 262 g/mol. The minimum Gasteiger partial charge on any atom is -0.319 e. The Bertz CT molecular complexity index is 516. The number of nitrogens with two attached hydrogens (primary N) is 1. The SMILES string of the molecule is Cn1cc(C(N)c2cnc(C(F)(F)F)s2)cn1. The molecule has 0 saturated heterocycles. The number of halogens is 3. The number of hydrogen-bond donors (Lipinski definition) is 1. The van der Waals surface area contributed by atoms with Crippen molar-refractivity contribution in [2.24, 2.45) is 12.8 Å². The normalized spacial score (nSPS) is 13.9. The molecular weight excluding hydrogens is 253 g/mol. The number of rotatable bonds is 2. The molecule has 0 aliphatic carbocycles. The van der Waals surface area contributed by atoms with Gasteiger partial charge in [0.15, 0.2) is 5.01 Å². The van der Waals surface area contributed by atoms with E-state index in [9.17, 15) is 13.2 Å². The first-order chi connectivity index (χ1) is 7.88. The van der Waals surface area contributed by atoms with Gasteiger partial charge in [0.05, 0.1) is 12.2 Å². The van der Waals surface area contributed by atoms with E-state index in [1.54, 1.807) is 17.9 Å². The molecular formula is C9H9F3N4S. The summed E-state index contributed by atoms with van der Waals surface area (Å²) in [6.07, 6.45) is -0.0714. The number of thiazole rings is 1. The summed E-state index contributed by atoms with van der Waals surface area (Å²) in [4.78, 5) is 3.69. The summed E-state index contributed by atoms with van der Waals surface area (Å²) >= 11 is 0.554. The van der Waals surface area contributed by atoms with E-state index >= 15 is 0 Å². The van der Waals surface area contributed by atoms with Gasteiger partial charge in [-0.25, -0.2) is 4.98 Å². The standard InChI is InChI=1S/C9H9F3N4S/c1-16-4-5(2-15-16)7(13)6-3-14-8(17-6)9(10,11)12/h2-4,7H,13H2,1H3. The van der Waals surface area contributed by atoms with E-state index in [2.05, 4.69) is 10.1 Å². The predicted octanol–water partition coefficient (Wildman–Crippen LogP) is 1.94. The minimum absolute atomic E-state index is 0.366. The largest absolute Gasteiger partial charge is 0.443 e. The average molecular weight is 262 g/mol. The van der Waals surface area contributed by atoms with Gasteiger partial charge in [0.25, 0.3) is 0 Å². The van der Waals surface area contributed by atoms with Crippen LogP contribution in [0.15, 0.2) is 18.6 Å². The van der Waals surface area contributed by atoms with E-state index in [1.807, 2.05) is 0 Å². The van der Waals surface area contributed by atoms with Gasteiger partial charge >= 0.3 is 6.18 Å². The summed E-state index contributed by atoms with van der Waals surface area (Å²) < 4.78 is 38.6. The molecule has 1 unspecified atom stereocenters. The van der Waals surface area contributed by atoms with Crippen LogP contribution in [-0.4, -0.2) is 14.8 Å². The zero-order chi connectivity index (χ0) is 12.6. The van der Waals surface area contributed by atoms with Crippen LogP contribution >= 0.6 is 11.3 Å². The van der Waals surface area contributed by atoms with E-state index in [4.69, 9.17) is 5.73 Å². The van der Waals surface area contributed by atoms with E-state index in [0.29, 0.717) is 21.8 Å². The molecule has 92 valence electrons. The molecule has 0 spiro atoms. The first-order valence-corrected chi connectivity index (χ1v) is 5.46. The maximum absolute atomic E-state index is 12.4. The van der Waals surface area contributed by atoms with Gasteiger partial charge in [-0.05, 0) is 0 Å². The van der Waals surface area contributed by atoms with Crippen molar-refractivity contribution in [2.45, 2.75) is 12.2 Å². The third-order valence-electron chi connectivity index (χ3n) is 2.16. The zero-order valence-corrected chi connectivity index (χ0v) is 9.59.